The number of halogens is 1. The van der Waals surface area contributed by atoms with Gasteiger partial charge in [0.2, 0.25) is 0 Å². The Kier molecular flexibility index (Phi) is 4.63. The van der Waals surface area contributed by atoms with Gasteiger partial charge < -0.3 is 9.73 Å². The smallest absolute Gasteiger partial charge is 0.122 e. The molecule has 0 bridgehead atoms. The van der Waals surface area contributed by atoms with Crippen molar-refractivity contribution in [1.29, 1.82) is 0 Å². The van der Waals surface area contributed by atoms with Gasteiger partial charge in [-0.3, -0.25) is 4.90 Å². The maximum absolute atomic E-state index is 5.92. The van der Waals surface area contributed by atoms with Gasteiger partial charge in [-0.1, -0.05) is 23.7 Å². The number of nitrogens with zero attached hydrogens (tertiary/aromatic N) is 1. The molecule has 1 heterocycles. The molecule has 4 heteroatoms. The molecule has 0 amide bonds. The molecule has 112 valence electrons. The largest absolute Gasteiger partial charge is 0.468 e. The summed E-state index contributed by atoms with van der Waals surface area (Å²) in [5, 5.41) is 4.28. The van der Waals surface area contributed by atoms with Crippen molar-refractivity contribution in [3.63, 3.8) is 0 Å². The highest BCUT2D eigenvalue weighted by Gasteiger charge is 2.21. The number of hydrogen-bond acceptors (Lipinski definition) is 3. The van der Waals surface area contributed by atoms with E-state index in [1.54, 1.807) is 6.26 Å². The molecule has 0 saturated heterocycles. The van der Waals surface area contributed by atoms with Crippen LogP contribution in [0.3, 0.4) is 0 Å². The molecule has 0 radical (unpaired) electrons. The Morgan fingerprint density at radius 3 is 2.67 bits per heavy atom. The van der Waals surface area contributed by atoms with Crippen LogP contribution < -0.4 is 5.32 Å². The van der Waals surface area contributed by atoms with E-state index in [-0.39, 0.29) is 0 Å². The Balaban J connectivity index is 1.55. The lowest BCUT2D eigenvalue weighted by Gasteiger charge is -2.17. The lowest BCUT2D eigenvalue weighted by Crippen LogP contribution is -2.20. The highest BCUT2D eigenvalue weighted by atomic mass is 35.5. The standard InChI is InChI=1S/C17H21ClN2O/c1-20(11-13-2-4-15(18)5-3-13)12-14-8-9-21-17(14)10-19-16-6-7-16/h2-5,8-9,16,19H,6-7,10-12H2,1H3. The number of furan rings is 1. The first kappa shape index (κ1) is 14.6. The van der Waals surface area contributed by atoms with Gasteiger partial charge in [0.05, 0.1) is 12.8 Å². The predicted octanol–water partition coefficient (Wildman–Crippen LogP) is 3.82. The average molecular weight is 305 g/mol. The molecule has 0 atom stereocenters. The summed E-state index contributed by atoms with van der Waals surface area (Å²) >= 11 is 5.92. The van der Waals surface area contributed by atoms with Crippen LogP contribution in [0.5, 0.6) is 0 Å². The summed E-state index contributed by atoms with van der Waals surface area (Å²) in [6.07, 6.45) is 4.38. The minimum Gasteiger partial charge on any atom is -0.468 e. The van der Waals surface area contributed by atoms with E-state index in [2.05, 4.69) is 35.5 Å². The Morgan fingerprint density at radius 2 is 1.95 bits per heavy atom. The molecule has 0 spiro atoms. The van der Waals surface area contributed by atoms with Gasteiger partial charge in [-0.05, 0) is 43.7 Å². The molecule has 1 fully saturated rings. The van der Waals surface area contributed by atoms with Crippen LogP contribution in [0.2, 0.25) is 5.02 Å². The highest BCUT2D eigenvalue weighted by molar-refractivity contribution is 6.30. The first-order chi connectivity index (χ1) is 10.2. The van der Waals surface area contributed by atoms with E-state index < -0.39 is 0 Å². The molecule has 2 aromatic rings. The number of nitrogens with one attached hydrogen (secondary N) is 1. The summed E-state index contributed by atoms with van der Waals surface area (Å²) in [5.74, 6) is 1.06. The molecule has 1 aromatic carbocycles. The molecule has 1 aliphatic carbocycles. The van der Waals surface area contributed by atoms with E-state index in [4.69, 9.17) is 16.0 Å². The van der Waals surface area contributed by atoms with Gasteiger partial charge in [0.1, 0.15) is 5.76 Å². The van der Waals surface area contributed by atoms with Crippen LogP contribution in [0, 0.1) is 0 Å². The van der Waals surface area contributed by atoms with E-state index in [0.29, 0.717) is 6.04 Å². The molecule has 1 saturated carbocycles. The molecule has 1 N–H and O–H groups in total. The average Bonchev–Trinajstić information content (AvgIpc) is 3.20. The maximum Gasteiger partial charge on any atom is 0.122 e. The third-order valence-corrected chi connectivity index (χ3v) is 4.02. The Hall–Kier alpha value is -1.29. The van der Waals surface area contributed by atoms with Crippen LogP contribution >= 0.6 is 11.6 Å². The van der Waals surface area contributed by atoms with Gasteiger partial charge in [-0.2, -0.15) is 0 Å². The van der Waals surface area contributed by atoms with Crippen LogP contribution in [0.15, 0.2) is 41.0 Å². The van der Waals surface area contributed by atoms with Crippen molar-refractivity contribution in [2.24, 2.45) is 0 Å². The Morgan fingerprint density at radius 1 is 1.19 bits per heavy atom. The number of rotatable bonds is 7. The normalized spacial score (nSPS) is 14.8. The Labute approximate surface area is 130 Å². The van der Waals surface area contributed by atoms with Gasteiger partial charge in [-0.15, -0.1) is 0 Å². The zero-order valence-electron chi connectivity index (χ0n) is 12.3. The van der Waals surface area contributed by atoms with Gasteiger partial charge in [0.25, 0.3) is 0 Å². The van der Waals surface area contributed by atoms with E-state index in [9.17, 15) is 0 Å². The maximum atomic E-state index is 5.92. The predicted molar refractivity (Wildman–Crippen MR) is 85.2 cm³/mol. The molecule has 1 aromatic heterocycles. The molecule has 0 aliphatic heterocycles. The van der Waals surface area contributed by atoms with Crippen LogP contribution in [-0.2, 0) is 19.6 Å². The zero-order valence-corrected chi connectivity index (χ0v) is 13.1. The van der Waals surface area contributed by atoms with Gasteiger partial charge in [-0.25, -0.2) is 0 Å². The first-order valence-corrected chi connectivity index (χ1v) is 7.80. The van der Waals surface area contributed by atoms with Crippen molar-refractivity contribution in [1.82, 2.24) is 10.2 Å². The van der Waals surface area contributed by atoms with Crippen molar-refractivity contribution in [2.75, 3.05) is 7.05 Å². The second-order valence-corrected chi connectivity index (χ2v) is 6.26. The van der Waals surface area contributed by atoms with Crippen molar-refractivity contribution in [3.8, 4) is 0 Å². The molecular formula is C17H21ClN2O. The topological polar surface area (TPSA) is 28.4 Å². The summed E-state index contributed by atoms with van der Waals surface area (Å²) in [4.78, 5) is 2.29. The second kappa shape index (κ2) is 6.65. The molecule has 0 unspecified atom stereocenters. The molecule has 21 heavy (non-hydrogen) atoms. The monoisotopic (exact) mass is 304 g/mol. The summed E-state index contributed by atoms with van der Waals surface area (Å²) in [6, 6.07) is 10.8. The minimum absolute atomic E-state index is 0.703. The number of hydrogen-bond donors (Lipinski definition) is 1. The molecule has 1 aliphatic rings. The summed E-state index contributed by atoms with van der Waals surface area (Å²) in [5.41, 5.74) is 2.53. The van der Waals surface area contributed by atoms with Crippen molar-refractivity contribution < 1.29 is 4.42 Å². The Bertz CT molecular complexity index is 575. The summed E-state index contributed by atoms with van der Waals surface area (Å²) in [7, 11) is 2.12. The molecular weight excluding hydrogens is 284 g/mol. The second-order valence-electron chi connectivity index (χ2n) is 5.82. The van der Waals surface area contributed by atoms with Gasteiger partial charge in [0.15, 0.2) is 0 Å². The van der Waals surface area contributed by atoms with Crippen LogP contribution in [0.25, 0.3) is 0 Å². The van der Waals surface area contributed by atoms with Crippen LogP contribution in [0.4, 0.5) is 0 Å². The van der Waals surface area contributed by atoms with Crippen molar-refractivity contribution in [3.05, 3.63) is 58.5 Å². The van der Waals surface area contributed by atoms with Crippen LogP contribution in [-0.4, -0.2) is 18.0 Å². The molecule has 3 rings (SSSR count). The van der Waals surface area contributed by atoms with E-state index >= 15 is 0 Å². The fraction of sp³-hybridized carbons (Fsp3) is 0.412. The first-order valence-electron chi connectivity index (χ1n) is 7.42. The fourth-order valence-electron chi connectivity index (χ4n) is 2.44. The number of benzene rings is 1. The van der Waals surface area contributed by atoms with Crippen molar-refractivity contribution >= 4 is 11.6 Å². The van der Waals surface area contributed by atoms with Gasteiger partial charge >= 0.3 is 0 Å². The lowest BCUT2D eigenvalue weighted by atomic mass is 10.2. The minimum atomic E-state index is 0.703. The third-order valence-electron chi connectivity index (χ3n) is 3.77. The SMILES string of the molecule is CN(Cc1ccc(Cl)cc1)Cc1ccoc1CNC1CC1. The third kappa shape index (κ3) is 4.34. The lowest BCUT2D eigenvalue weighted by molar-refractivity contribution is 0.314. The fourth-order valence-corrected chi connectivity index (χ4v) is 2.56. The summed E-state index contributed by atoms with van der Waals surface area (Å²) < 4.78 is 5.60. The zero-order chi connectivity index (χ0) is 14.7. The molecule has 3 nitrogen and oxygen atoms in total. The van der Waals surface area contributed by atoms with E-state index in [0.717, 1.165) is 30.4 Å². The quantitative estimate of drug-likeness (QED) is 0.843. The van der Waals surface area contributed by atoms with E-state index in [1.807, 2.05) is 12.1 Å². The van der Waals surface area contributed by atoms with Gasteiger partial charge in [0, 0.05) is 29.7 Å². The summed E-state index contributed by atoms with van der Waals surface area (Å²) in [6.45, 7) is 2.63. The highest BCUT2D eigenvalue weighted by Crippen LogP contribution is 2.21. The van der Waals surface area contributed by atoms with E-state index in [1.165, 1.54) is 24.0 Å². The van der Waals surface area contributed by atoms with Crippen LogP contribution in [0.1, 0.15) is 29.7 Å². The van der Waals surface area contributed by atoms with Crippen molar-refractivity contribution in [2.45, 2.75) is 38.5 Å².